The highest BCUT2D eigenvalue weighted by molar-refractivity contribution is 5.87. The number of carbonyl (C=O) groups is 1. The van der Waals surface area contributed by atoms with E-state index in [9.17, 15) is 4.79 Å². The minimum atomic E-state index is -0.341. The van der Waals surface area contributed by atoms with Crippen molar-refractivity contribution in [3.8, 4) is 0 Å². The van der Waals surface area contributed by atoms with Gasteiger partial charge in [-0.1, -0.05) is 0 Å². The number of hydrogen-bond acceptors (Lipinski definition) is 5. The molecule has 1 saturated heterocycles. The first-order valence-corrected chi connectivity index (χ1v) is 7.37. The van der Waals surface area contributed by atoms with Crippen molar-refractivity contribution in [1.29, 1.82) is 0 Å². The molecule has 0 aromatic carbocycles. The van der Waals surface area contributed by atoms with Crippen molar-refractivity contribution >= 4 is 18.4 Å². The largest absolute Gasteiger partial charge is 0.464 e. The molecule has 2 aromatic heterocycles. The molecule has 7 nitrogen and oxygen atoms in total. The van der Waals surface area contributed by atoms with Crippen molar-refractivity contribution in [2.75, 3.05) is 26.7 Å². The van der Waals surface area contributed by atoms with Crippen LogP contribution in [0.15, 0.2) is 24.5 Å². The van der Waals surface area contributed by atoms with Crippen LogP contribution in [0.3, 0.4) is 0 Å². The third-order valence-electron chi connectivity index (χ3n) is 4.04. The van der Waals surface area contributed by atoms with E-state index in [1.807, 2.05) is 25.5 Å². The van der Waals surface area contributed by atoms with E-state index in [1.54, 1.807) is 6.07 Å². The first-order valence-electron chi connectivity index (χ1n) is 7.37. The Morgan fingerprint density at radius 2 is 2.30 bits per heavy atom. The van der Waals surface area contributed by atoms with Gasteiger partial charge < -0.3 is 19.6 Å². The minimum Gasteiger partial charge on any atom is -0.464 e. The predicted molar refractivity (Wildman–Crippen MR) is 88.6 cm³/mol. The number of carbonyl (C=O) groups excluding carboxylic acids is 1. The van der Waals surface area contributed by atoms with Crippen molar-refractivity contribution in [3.63, 3.8) is 0 Å². The Hall–Kier alpha value is -1.83. The Kier molecular flexibility index (Phi) is 5.81. The molecule has 2 aromatic rings. The van der Waals surface area contributed by atoms with Crippen molar-refractivity contribution in [2.45, 2.75) is 12.6 Å². The molecule has 23 heavy (non-hydrogen) atoms. The SMILES string of the molecule is COC(=O)c1ccc(CN2CCNCC2c2nccn2C)[nH]1.Cl. The molecule has 0 amide bonds. The van der Waals surface area contributed by atoms with Gasteiger partial charge in [0.05, 0.1) is 13.2 Å². The quantitative estimate of drug-likeness (QED) is 0.816. The number of H-pyrrole nitrogens is 1. The molecule has 1 fully saturated rings. The van der Waals surface area contributed by atoms with Gasteiger partial charge in [0, 0.05) is 51.3 Å². The lowest BCUT2D eigenvalue weighted by Gasteiger charge is -2.35. The zero-order valence-corrected chi connectivity index (χ0v) is 14.1. The topological polar surface area (TPSA) is 75.2 Å². The summed E-state index contributed by atoms with van der Waals surface area (Å²) >= 11 is 0. The average Bonchev–Trinajstić information content (AvgIpc) is 3.16. The Balaban J connectivity index is 0.00000192. The number of esters is 1. The van der Waals surface area contributed by atoms with E-state index in [4.69, 9.17) is 4.74 Å². The van der Waals surface area contributed by atoms with Crippen LogP contribution in [-0.2, 0) is 18.3 Å². The summed E-state index contributed by atoms with van der Waals surface area (Å²) in [5.41, 5.74) is 1.49. The summed E-state index contributed by atoms with van der Waals surface area (Å²) in [6, 6.07) is 3.92. The van der Waals surface area contributed by atoms with E-state index in [0.717, 1.165) is 37.7 Å². The van der Waals surface area contributed by atoms with Gasteiger partial charge in [0.1, 0.15) is 11.5 Å². The van der Waals surface area contributed by atoms with Crippen LogP contribution in [0.1, 0.15) is 28.0 Å². The fourth-order valence-electron chi connectivity index (χ4n) is 2.87. The summed E-state index contributed by atoms with van der Waals surface area (Å²) in [5.74, 6) is 0.708. The summed E-state index contributed by atoms with van der Waals surface area (Å²) in [5, 5.41) is 3.42. The number of aromatic amines is 1. The third-order valence-corrected chi connectivity index (χ3v) is 4.04. The number of methoxy groups -OCH3 is 1. The van der Waals surface area contributed by atoms with Crippen molar-refractivity contribution < 1.29 is 9.53 Å². The number of nitrogens with zero attached hydrogens (tertiary/aromatic N) is 3. The molecule has 3 rings (SSSR count). The van der Waals surface area contributed by atoms with Gasteiger partial charge in [0.15, 0.2) is 0 Å². The summed E-state index contributed by atoms with van der Waals surface area (Å²) in [6.45, 7) is 3.50. The van der Waals surface area contributed by atoms with Crippen LogP contribution in [0, 0.1) is 0 Å². The van der Waals surface area contributed by atoms with Gasteiger partial charge in [-0.2, -0.15) is 0 Å². The van der Waals surface area contributed by atoms with Gasteiger partial charge in [-0.25, -0.2) is 9.78 Å². The number of halogens is 1. The minimum absolute atomic E-state index is 0. The van der Waals surface area contributed by atoms with Gasteiger partial charge >= 0.3 is 5.97 Å². The molecular formula is C15H22ClN5O2. The highest BCUT2D eigenvalue weighted by Gasteiger charge is 2.27. The molecule has 1 aliphatic heterocycles. The van der Waals surface area contributed by atoms with E-state index in [-0.39, 0.29) is 24.4 Å². The van der Waals surface area contributed by atoms with Crippen LogP contribution in [0.2, 0.25) is 0 Å². The van der Waals surface area contributed by atoms with Gasteiger partial charge in [-0.3, -0.25) is 4.90 Å². The Labute approximate surface area is 141 Å². The molecule has 0 spiro atoms. The maximum absolute atomic E-state index is 11.5. The van der Waals surface area contributed by atoms with E-state index < -0.39 is 0 Å². The van der Waals surface area contributed by atoms with Crippen LogP contribution in [0.25, 0.3) is 0 Å². The van der Waals surface area contributed by atoms with Crippen LogP contribution in [-0.4, -0.2) is 52.1 Å². The van der Waals surface area contributed by atoms with Crippen molar-refractivity contribution in [2.24, 2.45) is 7.05 Å². The molecule has 126 valence electrons. The Bertz CT molecular complexity index is 654. The first kappa shape index (κ1) is 17.5. The lowest BCUT2D eigenvalue weighted by Crippen LogP contribution is -2.46. The number of rotatable bonds is 4. The van der Waals surface area contributed by atoms with Crippen LogP contribution in [0.5, 0.6) is 0 Å². The molecule has 0 saturated carbocycles. The number of hydrogen-bond donors (Lipinski definition) is 2. The second kappa shape index (κ2) is 7.63. The van der Waals surface area contributed by atoms with E-state index in [2.05, 4.69) is 24.8 Å². The molecule has 1 aliphatic rings. The van der Waals surface area contributed by atoms with Crippen molar-refractivity contribution in [3.05, 3.63) is 41.7 Å². The van der Waals surface area contributed by atoms with Crippen LogP contribution in [0.4, 0.5) is 0 Å². The fraction of sp³-hybridized carbons (Fsp3) is 0.467. The predicted octanol–water partition coefficient (Wildman–Crippen LogP) is 1.10. The highest BCUT2D eigenvalue weighted by atomic mass is 35.5. The molecule has 8 heteroatoms. The van der Waals surface area contributed by atoms with Gasteiger partial charge in [-0.15, -0.1) is 12.4 Å². The standard InChI is InChI=1S/C15H21N5O2.ClH/c1-19-7-6-17-14(19)13-9-16-5-8-20(13)10-11-3-4-12(18-11)15(21)22-2;/h3-4,6-7,13,16,18H,5,8-10H2,1-2H3;1H. The fourth-order valence-corrected chi connectivity index (χ4v) is 2.87. The highest BCUT2D eigenvalue weighted by Crippen LogP contribution is 2.22. The normalized spacial score (nSPS) is 18.4. The molecule has 1 unspecified atom stereocenters. The van der Waals surface area contributed by atoms with E-state index >= 15 is 0 Å². The summed E-state index contributed by atoms with van der Waals surface area (Å²) in [7, 11) is 3.40. The average molecular weight is 340 g/mol. The second-order valence-electron chi connectivity index (χ2n) is 5.48. The van der Waals surface area contributed by atoms with Gasteiger partial charge in [0.2, 0.25) is 0 Å². The summed E-state index contributed by atoms with van der Waals surface area (Å²) in [4.78, 5) is 21.5. The van der Waals surface area contributed by atoms with E-state index in [1.165, 1.54) is 7.11 Å². The zero-order valence-electron chi connectivity index (χ0n) is 13.3. The molecule has 2 N–H and O–H groups in total. The zero-order chi connectivity index (χ0) is 15.5. The van der Waals surface area contributed by atoms with Crippen LogP contribution >= 0.6 is 12.4 Å². The molecule has 0 aliphatic carbocycles. The van der Waals surface area contributed by atoms with Gasteiger partial charge in [0.25, 0.3) is 0 Å². The number of piperazine rings is 1. The third kappa shape index (κ3) is 3.74. The number of aryl methyl sites for hydroxylation is 1. The monoisotopic (exact) mass is 339 g/mol. The van der Waals surface area contributed by atoms with Crippen LogP contribution < -0.4 is 5.32 Å². The summed E-state index contributed by atoms with van der Waals surface area (Å²) < 4.78 is 6.78. The molecule has 0 bridgehead atoms. The number of imidazole rings is 1. The molecular weight excluding hydrogens is 318 g/mol. The molecule has 0 radical (unpaired) electrons. The Morgan fingerprint density at radius 1 is 1.48 bits per heavy atom. The molecule has 1 atom stereocenters. The maximum atomic E-state index is 11.5. The van der Waals surface area contributed by atoms with Crippen molar-refractivity contribution in [1.82, 2.24) is 24.8 Å². The number of ether oxygens (including phenoxy) is 1. The summed E-state index contributed by atoms with van der Waals surface area (Å²) in [6.07, 6.45) is 3.79. The number of aromatic nitrogens is 3. The lowest BCUT2D eigenvalue weighted by atomic mass is 10.1. The smallest absolute Gasteiger partial charge is 0.354 e. The second-order valence-corrected chi connectivity index (χ2v) is 5.48. The first-order chi connectivity index (χ1) is 10.7. The maximum Gasteiger partial charge on any atom is 0.354 e. The Morgan fingerprint density at radius 3 is 3.00 bits per heavy atom. The number of nitrogens with one attached hydrogen (secondary N) is 2. The van der Waals surface area contributed by atoms with Gasteiger partial charge in [-0.05, 0) is 12.1 Å². The van der Waals surface area contributed by atoms with E-state index in [0.29, 0.717) is 5.69 Å². The molecule has 3 heterocycles. The lowest BCUT2D eigenvalue weighted by molar-refractivity contribution is 0.0594.